The van der Waals surface area contributed by atoms with Crippen molar-refractivity contribution in [3.05, 3.63) is 53.1 Å². The van der Waals surface area contributed by atoms with E-state index in [0.29, 0.717) is 5.56 Å². The lowest BCUT2D eigenvalue weighted by Crippen LogP contribution is -2.13. The number of nitriles is 1. The Kier molecular flexibility index (Phi) is 10.8. The van der Waals surface area contributed by atoms with E-state index >= 15 is 0 Å². The number of nitrogens with zero attached hydrogens (tertiary/aromatic N) is 1. The van der Waals surface area contributed by atoms with Crippen molar-refractivity contribution < 1.29 is 4.74 Å². The van der Waals surface area contributed by atoms with Crippen molar-refractivity contribution >= 4 is 5.57 Å². The Labute approximate surface area is 136 Å². The van der Waals surface area contributed by atoms with Crippen LogP contribution in [0.1, 0.15) is 58.6 Å². The number of allylic oxidation sites excluding steroid dienone is 2. The van der Waals surface area contributed by atoms with Gasteiger partial charge in [0.1, 0.15) is 0 Å². The van der Waals surface area contributed by atoms with E-state index in [2.05, 4.69) is 39.0 Å². The van der Waals surface area contributed by atoms with Crippen LogP contribution in [0.5, 0.6) is 0 Å². The lowest BCUT2D eigenvalue weighted by molar-refractivity contribution is 0.133. The van der Waals surface area contributed by atoms with Crippen molar-refractivity contribution in [2.75, 3.05) is 7.11 Å². The van der Waals surface area contributed by atoms with Crippen molar-refractivity contribution in [3.63, 3.8) is 0 Å². The summed E-state index contributed by atoms with van der Waals surface area (Å²) in [7, 11) is 1.74. The minimum atomic E-state index is 0.206. The van der Waals surface area contributed by atoms with E-state index in [1.54, 1.807) is 7.11 Å². The van der Waals surface area contributed by atoms with Crippen LogP contribution in [0.15, 0.2) is 42.0 Å². The molecule has 0 saturated carbocycles. The average molecular weight is 299 g/mol. The summed E-state index contributed by atoms with van der Waals surface area (Å²) in [6.45, 7) is 10.3. The van der Waals surface area contributed by atoms with Crippen molar-refractivity contribution in [2.24, 2.45) is 0 Å². The molecule has 0 heterocycles. The van der Waals surface area contributed by atoms with Crippen LogP contribution in [0.4, 0.5) is 0 Å². The second-order valence-corrected chi connectivity index (χ2v) is 4.90. The molecule has 0 saturated heterocycles. The maximum atomic E-state index is 8.75. The van der Waals surface area contributed by atoms with Crippen LogP contribution in [0.2, 0.25) is 0 Å². The summed E-state index contributed by atoms with van der Waals surface area (Å²) in [6, 6.07) is 9.80. The summed E-state index contributed by atoms with van der Waals surface area (Å²) in [5, 5.41) is 8.75. The fraction of sp³-hybridized carbons (Fsp3) is 0.450. The number of hydrogen-bond donors (Lipinski definition) is 0. The molecule has 2 nitrogen and oxygen atoms in total. The molecule has 0 N–H and O–H groups in total. The Morgan fingerprint density at radius 3 is 2.14 bits per heavy atom. The van der Waals surface area contributed by atoms with Gasteiger partial charge in [-0.3, -0.25) is 0 Å². The van der Waals surface area contributed by atoms with Gasteiger partial charge in [0.25, 0.3) is 0 Å². The average Bonchev–Trinajstić information content (AvgIpc) is 2.57. The Morgan fingerprint density at radius 1 is 1.18 bits per heavy atom. The molecule has 0 aromatic heterocycles. The summed E-state index contributed by atoms with van der Waals surface area (Å²) in [6.07, 6.45) is 6.70. The topological polar surface area (TPSA) is 33.0 Å². The smallest absolute Gasteiger partial charge is 0.0991 e. The molecule has 0 amide bonds. The Hall–Kier alpha value is -1.85. The number of benzene rings is 1. The van der Waals surface area contributed by atoms with Gasteiger partial charge in [0.2, 0.25) is 0 Å². The summed E-state index contributed by atoms with van der Waals surface area (Å²) in [5.74, 6) is 0. The molecular weight excluding hydrogens is 270 g/mol. The van der Waals surface area contributed by atoms with Crippen LogP contribution >= 0.6 is 0 Å². The molecule has 0 spiro atoms. The fourth-order valence-electron chi connectivity index (χ4n) is 2.04. The number of rotatable bonds is 2. The Balaban J connectivity index is 0.000000789. The third-order valence-electron chi connectivity index (χ3n) is 3.07. The molecule has 1 aliphatic carbocycles. The number of ether oxygens (including phenoxy) is 1. The zero-order valence-electron chi connectivity index (χ0n) is 14.8. The van der Waals surface area contributed by atoms with Gasteiger partial charge in [-0.25, -0.2) is 0 Å². The Morgan fingerprint density at radius 2 is 1.73 bits per heavy atom. The molecule has 1 aromatic rings. The molecule has 0 radical (unpaired) electrons. The summed E-state index contributed by atoms with van der Waals surface area (Å²) in [5.41, 5.74) is 4.30. The van der Waals surface area contributed by atoms with Gasteiger partial charge in [0, 0.05) is 7.11 Å². The molecule has 120 valence electrons. The van der Waals surface area contributed by atoms with Crippen LogP contribution in [-0.2, 0) is 4.74 Å². The Bertz CT molecular complexity index is 518. The molecule has 1 atom stereocenters. The lowest BCUT2D eigenvalue weighted by atomic mass is 9.93. The summed E-state index contributed by atoms with van der Waals surface area (Å²) < 4.78 is 5.37. The van der Waals surface area contributed by atoms with E-state index in [4.69, 9.17) is 10.00 Å². The normalized spacial score (nSPS) is 16.0. The van der Waals surface area contributed by atoms with E-state index in [1.807, 2.05) is 38.1 Å². The minimum Gasteiger partial charge on any atom is -0.377 e. The maximum absolute atomic E-state index is 8.75. The third kappa shape index (κ3) is 6.28. The quantitative estimate of drug-likeness (QED) is 0.696. The van der Waals surface area contributed by atoms with Gasteiger partial charge in [-0.05, 0) is 42.2 Å². The zero-order chi connectivity index (χ0) is 17.0. The van der Waals surface area contributed by atoms with Crippen LogP contribution in [0.3, 0.4) is 0 Å². The van der Waals surface area contributed by atoms with Crippen LogP contribution in [0.25, 0.3) is 5.57 Å². The van der Waals surface area contributed by atoms with Gasteiger partial charge in [0.15, 0.2) is 0 Å². The standard InChI is InChI=1S/C15H15NO.C3H8.C2H6/c1-11-9-14(7-8-15(11)17-2)13-5-3-12(10-16)4-6-13;1-3-2;1-2/h3-7,9,15H,8H2,1-2H3;3H2,1-2H3;1-2H3. The van der Waals surface area contributed by atoms with Gasteiger partial charge < -0.3 is 4.74 Å². The van der Waals surface area contributed by atoms with Gasteiger partial charge in [-0.15, -0.1) is 0 Å². The van der Waals surface area contributed by atoms with Gasteiger partial charge in [0.05, 0.1) is 17.7 Å². The van der Waals surface area contributed by atoms with Crippen molar-refractivity contribution in [2.45, 2.75) is 53.6 Å². The maximum Gasteiger partial charge on any atom is 0.0991 e. The molecule has 0 fully saturated rings. The molecule has 1 aliphatic rings. The molecule has 2 rings (SSSR count). The molecular formula is C20H29NO. The van der Waals surface area contributed by atoms with Gasteiger partial charge >= 0.3 is 0 Å². The molecule has 0 bridgehead atoms. The predicted molar refractivity (Wildman–Crippen MR) is 95.6 cm³/mol. The van der Waals surface area contributed by atoms with E-state index < -0.39 is 0 Å². The van der Waals surface area contributed by atoms with Crippen LogP contribution in [-0.4, -0.2) is 13.2 Å². The van der Waals surface area contributed by atoms with Crippen LogP contribution < -0.4 is 0 Å². The number of methoxy groups -OCH3 is 1. The predicted octanol–water partition coefficient (Wildman–Crippen LogP) is 5.75. The first kappa shape index (κ1) is 20.1. The highest BCUT2D eigenvalue weighted by Crippen LogP contribution is 2.26. The summed E-state index contributed by atoms with van der Waals surface area (Å²) >= 11 is 0. The van der Waals surface area contributed by atoms with E-state index in [1.165, 1.54) is 17.6 Å². The van der Waals surface area contributed by atoms with Gasteiger partial charge in [-0.2, -0.15) is 5.26 Å². The van der Waals surface area contributed by atoms with Crippen LogP contribution in [0, 0.1) is 11.3 Å². The first-order valence-corrected chi connectivity index (χ1v) is 8.07. The summed E-state index contributed by atoms with van der Waals surface area (Å²) in [4.78, 5) is 0. The largest absolute Gasteiger partial charge is 0.377 e. The highest BCUT2D eigenvalue weighted by Gasteiger charge is 2.14. The first-order chi connectivity index (χ1) is 10.7. The second kappa shape index (κ2) is 11.8. The lowest BCUT2D eigenvalue weighted by Gasteiger charge is -2.20. The second-order valence-electron chi connectivity index (χ2n) is 4.90. The molecule has 1 aromatic carbocycles. The molecule has 2 heteroatoms. The SMILES string of the molecule is CC.CCC.COC1CC=C(c2ccc(C#N)cc2)C=C1C. The number of hydrogen-bond acceptors (Lipinski definition) is 2. The first-order valence-electron chi connectivity index (χ1n) is 8.07. The minimum absolute atomic E-state index is 0.206. The fourth-order valence-corrected chi connectivity index (χ4v) is 2.04. The van der Waals surface area contributed by atoms with E-state index in [0.717, 1.165) is 12.0 Å². The molecule has 1 unspecified atom stereocenters. The zero-order valence-corrected chi connectivity index (χ0v) is 14.8. The van der Waals surface area contributed by atoms with Crippen molar-refractivity contribution in [1.29, 1.82) is 5.26 Å². The monoisotopic (exact) mass is 299 g/mol. The third-order valence-corrected chi connectivity index (χ3v) is 3.07. The van der Waals surface area contributed by atoms with Crippen molar-refractivity contribution in [3.8, 4) is 6.07 Å². The van der Waals surface area contributed by atoms with E-state index in [-0.39, 0.29) is 6.10 Å². The molecule has 22 heavy (non-hydrogen) atoms. The molecule has 0 aliphatic heterocycles. The van der Waals surface area contributed by atoms with Gasteiger partial charge in [-0.1, -0.05) is 58.4 Å². The van der Waals surface area contributed by atoms with Crippen molar-refractivity contribution in [1.82, 2.24) is 0 Å². The highest BCUT2D eigenvalue weighted by molar-refractivity contribution is 5.76. The highest BCUT2D eigenvalue weighted by atomic mass is 16.5. The van der Waals surface area contributed by atoms with E-state index in [9.17, 15) is 0 Å².